The monoisotopic (exact) mass is 335 g/mol. The highest BCUT2D eigenvalue weighted by atomic mass is 19.1. The quantitative estimate of drug-likeness (QED) is 0.888. The van der Waals surface area contributed by atoms with Gasteiger partial charge in [0, 0.05) is 31.2 Å². The SMILES string of the molecule is Cc1cc(NC(=O)N2CCCC(CNC(=O)C(C)C)C2)ccc1F. The number of hydrogen-bond donors (Lipinski definition) is 2. The van der Waals surface area contributed by atoms with Gasteiger partial charge in [0.15, 0.2) is 0 Å². The Hall–Kier alpha value is -2.11. The second-order valence-corrected chi connectivity index (χ2v) is 6.75. The zero-order valence-corrected chi connectivity index (χ0v) is 14.6. The molecule has 3 amide bonds. The smallest absolute Gasteiger partial charge is 0.321 e. The number of carbonyl (C=O) groups excluding carboxylic acids is 2. The van der Waals surface area contributed by atoms with E-state index in [1.54, 1.807) is 24.0 Å². The number of urea groups is 1. The van der Waals surface area contributed by atoms with Gasteiger partial charge in [-0.3, -0.25) is 4.79 Å². The molecule has 1 unspecified atom stereocenters. The van der Waals surface area contributed by atoms with Gasteiger partial charge in [0.25, 0.3) is 0 Å². The van der Waals surface area contributed by atoms with Crippen molar-refractivity contribution in [3.63, 3.8) is 0 Å². The number of nitrogens with one attached hydrogen (secondary N) is 2. The number of hydrogen-bond acceptors (Lipinski definition) is 2. The summed E-state index contributed by atoms with van der Waals surface area (Å²) < 4.78 is 13.3. The van der Waals surface area contributed by atoms with Crippen LogP contribution in [0.3, 0.4) is 0 Å². The maximum absolute atomic E-state index is 13.3. The van der Waals surface area contributed by atoms with Crippen LogP contribution in [0.4, 0.5) is 14.9 Å². The minimum atomic E-state index is -0.285. The lowest BCUT2D eigenvalue weighted by Gasteiger charge is -2.33. The fraction of sp³-hybridized carbons (Fsp3) is 0.556. The van der Waals surface area contributed by atoms with E-state index in [2.05, 4.69) is 10.6 Å². The van der Waals surface area contributed by atoms with Gasteiger partial charge < -0.3 is 15.5 Å². The Balaban J connectivity index is 1.87. The van der Waals surface area contributed by atoms with E-state index in [1.165, 1.54) is 6.07 Å². The standard InChI is InChI=1S/C18H26FN3O2/c1-12(2)17(23)20-10-14-5-4-8-22(11-14)18(24)21-15-6-7-16(19)13(3)9-15/h6-7,9,12,14H,4-5,8,10-11H2,1-3H3,(H,20,23)(H,21,24). The number of aryl methyl sites for hydroxylation is 1. The molecule has 132 valence electrons. The zero-order valence-electron chi connectivity index (χ0n) is 14.6. The highest BCUT2D eigenvalue weighted by Crippen LogP contribution is 2.18. The summed E-state index contributed by atoms with van der Waals surface area (Å²) in [5.41, 5.74) is 1.09. The molecule has 2 N–H and O–H groups in total. The fourth-order valence-corrected chi connectivity index (χ4v) is 2.79. The average Bonchev–Trinajstić information content (AvgIpc) is 2.56. The summed E-state index contributed by atoms with van der Waals surface area (Å²) in [5, 5.41) is 5.75. The normalized spacial score (nSPS) is 17.7. The van der Waals surface area contributed by atoms with Crippen molar-refractivity contribution in [1.29, 1.82) is 0 Å². The topological polar surface area (TPSA) is 61.4 Å². The molecule has 0 radical (unpaired) electrons. The molecule has 1 saturated heterocycles. The molecule has 1 fully saturated rings. The van der Waals surface area contributed by atoms with Gasteiger partial charge in [0.2, 0.25) is 5.91 Å². The van der Waals surface area contributed by atoms with Gasteiger partial charge in [-0.25, -0.2) is 9.18 Å². The first-order valence-electron chi connectivity index (χ1n) is 8.46. The average molecular weight is 335 g/mol. The van der Waals surface area contributed by atoms with Crippen molar-refractivity contribution in [3.05, 3.63) is 29.6 Å². The second-order valence-electron chi connectivity index (χ2n) is 6.75. The summed E-state index contributed by atoms with van der Waals surface area (Å²) in [4.78, 5) is 25.8. The summed E-state index contributed by atoms with van der Waals surface area (Å²) in [6, 6.07) is 4.36. The van der Waals surface area contributed by atoms with Crippen molar-refractivity contribution >= 4 is 17.6 Å². The van der Waals surface area contributed by atoms with Crippen LogP contribution in [0.5, 0.6) is 0 Å². The van der Waals surface area contributed by atoms with Crippen LogP contribution < -0.4 is 10.6 Å². The lowest BCUT2D eigenvalue weighted by atomic mass is 9.98. The largest absolute Gasteiger partial charge is 0.356 e. The van der Waals surface area contributed by atoms with Gasteiger partial charge in [0.05, 0.1) is 0 Å². The Kier molecular flexibility index (Phi) is 6.17. The van der Waals surface area contributed by atoms with Crippen molar-refractivity contribution in [1.82, 2.24) is 10.2 Å². The third kappa shape index (κ3) is 4.94. The Bertz CT molecular complexity index is 604. The summed E-state index contributed by atoms with van der Waals surface area (Å²) in [6.07, 6.45) is 1.91. The first-order chi connectivity index (χ1) is 11.4. The molecule has 24 heavy (non-hydrogen) atoms. The number of anilines is 1. The first kappa shape index (κ1) is 18.2. The van der Waals surface area contributed by atoms with Gasteiger partial charge in [-0.2, -0.15) is 0 Å². The van der Waals surface area contributed by atoms with Crippen molar-refractivity contribution in [2.45, 2.75) is 33.6 Å². The molecule has 1 aliphatic rings. The van der Waals surface area contributed by atoms with Crippen molar-refractivity contribution in [2.75, 3.05) is 25.0 Å². The summed E-state index contributed by atoms with van der Waals surface area (Å²) >= 11 is 0. The molecule has 1 aliphatic heterocycles. The van der Waals surface area contributed by atoms with Gasteiger partial charge in [-0.1, -0.05) is 13.8 Å². The molecule has 2 rings (SSSR count). The van der Waals surface area contributed by atoms with Crippen LogP contribution in [0, 0.1) is 24.6 Å². The number of piperidine rings is 1. The Morgan fingerprint density at radius 1 is 1.38 bits per heavy atom. The maximum atomic E-state index is 13.3. The molecular formula is C18H26FN3O2. The molecule has 5 nitrogen and oxygen atoms in total. The van der Waals surface area contributed by atoms with Gasteiger partial charge >= 0.3 is 6.03 Å². The van der Waals surface area contributed by atoms with Gasteiger partial charge in [-0.05, 0) is 49.4 Å². The molecule has 0 aromatic heterocycles. The Morgan fingerprint density at radius 2 is 2.12 bits per heavy atom. The number of amides is 3. The van der Waals surface area contributed by atoms with Gasteiger partial charge in [-0.15, -0.1) is 0 Å². The van der Waals surface area contributed by atoms with Crippen LogP contribution in [-0.4, -0.2) is 36.5 Å². The molecule has 1 aromatic carbocycles. The van der Waals surface area contributed by atoms with Crippen LogP contribution in [0.1, 0.15) is 32.3 Å². The molecule has 1 atom stereocenters. The zero-order chi connectivity index (χ0) is 17.7. The third-order valence-corrected chi connectivity index (χ3v) is 4.30. The lowest BCUT2D eigenvalue weighted by Crippen LogP contribution is -2.45. The highest BCUT2D eigenvalue weighted by molar-refractivity contribution is 5.89. The number of benzene rings is 1. The summed E-state index contributed by atoms with van der Waals surface area (Å²) in [6.45, 7) is 7.29. The number of nitrogens with zero attached hydrogens (tertiary/aromatic N) is 1. The Morgan fingerprint density at radius 3 is 2.79 bits per heavy atom. The summed E-state index contributed by atoms with van der Waals surface area (Å²) in [5.74, 6) is -0.0119. The highest BCUT2D eigenvalue weighted by Gasteiger charge is 2.24. The molecule has 6 heteroatoms. The van der Waals surface area contributed by atoms with Crippen molar-refractivity contribution < 1.29 is 14.0 Å². The van der Waals surface area contributed by atoms with Crippen LogP contribution in [0.2, 0.25) is 0 Å². The second kappa shape index (κ2) is 8.13. The molecule has 1 aromatic rings. The van der Waals surface area contributed by atoms with E-state index in [-0.39, 0.29) is 29.6 Å². The van der Waals surface area contributed by atoms with E-state index in [4.69, 9.17) is 0 Å². The minimum Gasteiger partial charge on any atom is -0.356 e. The van der Waals surface area contributed by atoms with Crippen LogP contribution in [-0.2, 0) is 4.79 Å². The third-order valence-electron chi connectivity index (χ3n) is 4.30. The predicted molar refractivity (Wildman–Crippen MR) is 92.3 cm³/mol. The molecule has 0 spiro atoms. The first-order valence-corrected chi connectivity index (χ1v) is 8.46. The van der Waals surface area contributed by atoms with Crippen molar-refractivity contribution in [3.8, 4) is 0 Å². The number of likely N-dealkylation sites (tertiary alicyclic amines) is 1. The van der Waals surface area contributed by atoms with E-state index in [1.807, 2.05) is 13.8 Å². The predicted octanol–water partition coefficient (Wildman–Crippen LogP) is 3.15. The minimum absolute atomic E-state index is 0.0327. The molecule has 0 bridgehead atoms. The maximum Gasteiger partial charge on any atom is 0.321 e. The van der Waals surface area contributed by atoms with Gasteiger partial charge in [0.1, 0.15) is 5.82 Å². The molecule has 0 saturated carbocycles. The van der Waals surface area contributed by atoms with E-state index < -0.39 is 0 Å². The molecular weight excluding hydrogens is 309 g/mol. The molecule has 1 heterocycles. The van der Waals surface area contributed by atoms with E-state index in [0.717, 1.165) is 12.8 Å². The number of halogens is 1. The fourth-order valence-electron chi connectivity index (χ4n) is 2.79. The van der Waals surface area contributed by atoms with Crippen LogP contribution in [0.15, 0.2) is 18.2 Å². The Labute approximate surface area is 142 Å². The van der Waals surface area contributed by atoms with Crippen LogP contribution >= 0.6 is 0 Å². The molecule has 0 aliphatic carbocycles. The van der Waals surface area contributed by atoms with Crippen LogP contribution in [0.25, 0.3) is 0 Å². The van der Waals surface area contributed by atoms with E-state index in [0.29, 0.717) is 30.9 Å². The van der Waals surface area contributed by atoms with Crippen molar-refractivity contribution in [2.24, 2.45) is 11.8 Å². The van der Waals surface area contributed by atoms with E-state index >= 15 is 0 Å². The summed E-state index contributed by atoms with van der Waals surface area (Å²) in [7, 11) is 0. The van der Waals surface area contributed by atoms with E-state index in [9.17, 15) is 14.0 Å². The number of carbonyl (C=O) groups is 2. The number of rotatable bonds is 4. The lowest BCUT2D eigenvalue weighted by molar-refractivity contribution is -0.124.